The average molecular weight is 607 g/mol. The van der Waals surface area contributed by atoms with Gasteiger partial charge in [0, 0.05) is 23.7 Å². The largest absolute Gasteiger partial charge is 0.452 e. The lowest BCUT2D eigenvalue weighted by atomic mass is 9.95. The van der Waals surface area contributed by atoms with Crippen LogP contribution >= 0.6 is 0 Å². The molecule has 1 fully saturated rings. The summed E-state index contributed by atoms with van der Waals surface area (Å²) in [4.78, 5) is 89.1. The fourth-order valence-electron chi connectivity index (χ4n) is 4.82. The minimum Gasteiger partial charge on any atom is -0.452 e. The van der Waals surface area contributed by atoms with Crippen LogP contribution in [0.5, 0.6) is 0 Å². The highest BCUT2D eigenvalue weighted by Gasteiger charge is 2.34. The van der Waals surface area contributed by atoms with E-state index >= 15 is 0 Å². The van der Waals surface area contributed by atoms with Crippen molar-refractivity contribution in [3.05, 3.63) is 65.2 Å². The van der Waals surface area contributed by atoms with Crippen LogP contribution in [0.3, 0.4) is 0 Å². The van der Waals surface area contributed by atoms with Crippen LogP contribution in [0.15, 0.2) is 48.5 Å². The number of aryl methyl sites for hydroxylation is 2. The monoisotopic (exact) mass is 606 g/mol. The first-order valence-corrected chi connectivity index (χ1v) is 14.4. The fraction of sp³-hybridized carbons (Fsp3) is 0.406. The summed E-state index contributed by atoms with van der Waals surface area (Å²) in [7, 11) is 0. The molecule has 0 aromatic heterocycles. The number of rotatable bonds is 13. The van der Waals surface area contributed by atoms with Gasteiger partial charge in [-0.2, -0.15) is 0 Å². The second-order valence-corrected chi connectivity index (χ2v) is 11.2. The Morgan fingerprint density at radius 3 is 2.14 bits per heavy atom. The van der Waals surface area contributed by atoms with Gasteiger partial charge in [0.05, 0.1) is 6.04 Å². The van der Waals surface area contributed by atoms with E-state index in [0.29, 0.717) is 18.7 Å². The molecule has 12 nitrogen and oxygen atoms in total. The van der Waals surface area contributed by atoms with E-state index in [-0.39, 0.29) is 30.2 Å². The van der Waals surface area contributed by atoms with Gasteiger partial charge in [-0.05, 0) is 50.2 Å². The third-order valence-electron chi connectivity index (χ3n) is 7.21. The summed E-state index contributed by atoms with van der Waals surface area (Å²) < 4.78 is 4.96. The number of ether oxygens (including phenoxy) is 1. The van der Waals surface area contributed by atoms with Gasteiger partial charge < -0.3 is 26.0 Å². The molecule has 1 saturated heterocycles. The predicted molar refractivity (Wildman–Crippen MR) is 160 cm³/mol. The van der Waals surface area contributed by atoms with Crippen molar-refractivity contribution in [2.24, 2.45) is 11.8 Å². The van der Waals surface area contributed by atoms with Gasteiger partial charge in [0.1, 0.15) is 6.04 Å². The van der Waals surface area contributed by atoms with Crippen LogP contribution in [0.25, 0.3) is 0 Å². The SMILES string of the molecule is Cc1cccc(C)c1NC(=O)C(=O)N[C@@H](CC(C)C)C(=O)N[C@@H](C[C@@H]1CCNC1=O)C(=O)COC(=O)C(=O)c1ccccc1. The second-order valence-electron chi connectivity index (χ2n) is 11.2. The van der Waals surface area contributed by atoms with E-state index in [1.807, 2.05) is 19.9 Å². The third kappa shape index (κ3) is 9.32. The molecule has 0 unspecified atom stereocenters. The van der Waals surface area contributed by atoms with Crippen molar-refractivity contribution < 1.29 is 38.3 Å². The minimum atomic E-state index is -1.27. The number of para-hydroxylation sites is 1. The molecule has 2 aromatic carbocycles. The molecule has 1 aliphatic heterocycles. The summed E-state index contributed by atoms with van der Waals surface area (Å²) in [5.41, 5.74) is 2.09. The van der Waals surface area contributed by atoms with Crippen molar-refractivity contribution in [1.29, 1.82) is 0 Å². The average Bonchev–Trinajstić information content (AvgIpc) is 3.40. The van der Waals surface area contributed by atoms with Crippen LogP contribution in [-0.4, -0.2) is 66.4 Å². The van der Waals surface area contributed by atoms with Crippen LogP contribution < -0.4 is 21.3 Å². The number of hydrogen-bond acceptors (Lipinski definition) is 8. The zero-order valence-corrected chi connectivity index (χ0v) is 25.2. The number of ketones is 2. The zero-order valence-electron chi connectivity index (χ0n) is 25.2. The quantitative estimate of drug-likeness (QED) is 0.151. The standard InChI is InChI=1S/C32H38N4O8/c1-18(2)15-24(35-30(41)31(42)36-26-19(3)9-8-10-20(26)4)29(40)34-23(16-22-13-14-33-28(22)39)25(37)17-44-32(43)27(38)21-11-6-5-7-12-21/h5-12,18,22-24H,13-17H2,1-4H3,(H,33,39)(H,34,40)(H,35,41)(H,36,42)/t22-,23-,24-/m0/s1. The van der Waals surface area contributed by atoms with Gasteiger partial charge in [0.15, 0.2) is 12.4 Å². The number of nitrogens with one attached hydrogen (secondary N) is 4. The number of esters is 1. The number of benzene rings is 2. The molecule has 4 N–H and O–H groups in total. The molecule has 3 rings (SSSR count). The Morgan fingerprint density at radius 2 is 1.55 bits per heavy atom. The molecule has 0 saturated carbocycles. The maximum Gasteiger partial charge on any atom is 0.380 e. The zero-order chi connectivity index (χ0) is 32.4. The van der Waals surface area contributed by atoms with Crippen LogP contribution in [0.1, 0.15) is 54.6 Å². The Hall–Kier alpha value is -4.87. The van der Waals surface area contributed by atoms with Crippen molar-refractivity contribution in [3.63, 3.8) is 0 Å². The third-order valence-corrected chi connectivity index (χ3v) is 7.21. The highest BCUT2D eigenvalue weighted by Crippen LogP contribution is 2.20. The van der Waals surface area contributed by atoms with E-state index in [4.69, 9.17) is 4.74 Å². The lowest BCUT2D eigenvalue weighted by Gasteiger charge is -2.25. The maximum absolute atomic E-state index is 13.4. The van der Waals surface area contributed by atoms with Crippen LogP contribution in [0.4, 0.5) is 5.69 Å². The summed E-state index contributed by atoms with van der Waals surface area (Å²) in [6.07, 6.45) is 0.477. The van der Waals surface area contributed by atoms with Crippen molar-refractivity contribution in [3.8, 4) is 0 Å². The van der Waals surface area contributed by atoms with Gasteiger partial charge in [-0.3, -0.25) is 28.8 Å². The van der Waals surface area contributed by atoms with E-state index < -0.39 is 59.9 Å². The van der Waals surface area contributed by atoms with Gasteiger partial charge in [-0.25, -0.2) is 4.79 Å². The van der Waals surface area contributed by atoms with Crippen LogP contribution in [0.2, 0.25) is 0 Å². The van der Waals surface area contributed by atoms with Gasteiger partial charge >= 0.3 is 17.8 Å². The van der Waals surface area contributed by atoms with Gasteiger partial charge in [0.25, 0.3) is 5.78 Å². The van der Waals surface area contributed by atoms with Crippen LogP contribution in [-0.2, 0) is 33.5 Å². The lowest BCUT2D eigenvalue weighted by Crippen LogP contribution is -2.54. The molecule has 0 radical (unpaired) electrons. The molecule has 44 heavy (non-hydrogen) atoms. The molecule has 0 bridgehead atoms. The van der Waals surface area contributed by atoms with E-state index in [1.54, 1.807) is 44.2 Å². The van der Waals surface area contributed by atoms with Crippen molar-refractivity contribution in [2.45, 2.75) is 59.0 Å². The van der Waals surface area contributed by atoms with E-state index in [2.05, 4.69) is 21.3 Å². The van der Waals surface area contributed by atoms with E-state index in [9.17, 15) is 33.6 Å². The molecular formula is C32H38N4O8. The number of Topliss-reactive ketones (excluding diaryl/α,β-unsaturated/α-hetero) is 2. The Kier molecular flexibility index (Phi) is 11.9. The topological polar surface area (TPSA) is 177 Å². The number of carbonyl (C=O) groups is 7. The summed E-state index contributed by atoms with van der Waals surface area (Å²) >= 11 is 0. The molecule has 1 heterocycles. The number of amides is 4. The normalized spacial score (nSPS) is 15.5. The summed E-state index contributed by atoms with van der Waals surface area (Å²) in [6.45, 7) is 6.78. The number of hydrogen-bond donors (Lipinski definition) is 4. The molecule has 4 amide bonds. The van der Waals surface area contributed by atoms with Gasteiger partial charge in [0.2, 0.25) is 11.8 Å². The van der Waals surface area contributed by atoms with E-state index in [1.165, 1.54) is 12.1 Å². The lowest BCUT2D eigenvalue weighted by molar-refractivity contribution is -0.144. The van der Waals surface area contributed by atoms with Crippen molar-refractivity contribution in [2.75, 3.05) is 18.5 Å². The summed E-state index contributed by atoms with van der Waals surface area (Å²) in [5, 5.41) is 10.3. The molecule has 12 heteroatoms. The molecule has 1 aliphatic rings. The molecule has 0 spiro atoms. The summed E-state index contributed by atoms with van der Waals surface area (Å²) in [6, 6.07) is 10.6. The minimum absolute atomic E-state index is 0.0873. The highest BCUT2D eigenvalue weighted by molar-refractivity contribution is 6.41. The molecule has 0 aliphatic carbocycles. The second kappa shape index (κ2) is 15.6. The highest BCUT2D eigenvalue weighted by atomic mass is 16.5. The molecule has 2 aromatic rings. The Balaban J connectivity index is 1.71. The Morgan fingerprint density at radius 1 is 0.886 bits per heavy atom. The molecule has 234 valence electrons. The fourth-order valence-corrected chi connectivity index (χ4v) is 4.82. The molecule has 3 atom stereocenters. The first-order valence-electron chi connectivity index (χ1n) is 14.4. The summed E-state index contributed by atoms with van der Waals surface area (Å²) in [5.74, 6) is -6.65. The Bertz CT molecular complexity index is 1400. The van der Waals surface area contributed by atoms with Crippen molar-refractivity contribution >= 4 is 46.9 Å². The number of anilines is 1. The van der Waals surface area contributed by atoms with Gasteiger partial charge in [-0.1, -0.05) is 62.4 Å². The maximum atomic E-state index is 13.4. The van der Waals surface area contributed by atoms with E-state index in [0.717, 1.165) is 11.1 Å². The number of carbonyl (C=O) groups excluding carboxylic acids is 7. The Labute approximate surface area is 255 Å². The van der Waals surface area contributed by atoms with Crippen LogP contribution in [0, 0.1) is 25.7 Å². The first kappa shape index (κ1) is 33.6. The molecular weight excluding hydrogens is 568 g/mol. The predicted octanol–water partition coefficient (Wildman–Crippen LogP) is 1.78. The van der Waals surface area contributed by atoms with Gasteiger partial charge in [-0.15, -0.1) is 0 Å². The van der Waals surface area contributed by atoms with Crippen molar-refractivity contribution in [1.82, 2.24) is 16.0 Å². The first-order chi connectivity index (χ1) is 20.9. The smallest absolute Gasteiger partial charge is 0.380 e.